The van der Waals surface area contributed by atoms with E-state index in [9.17, 15) is 10.2 Å². The number of aromatic hydroxyl groups is 2. The zero-order valence-electron chi connectivity index (χ0n) is 15.8. The number of nitrogens with zero attached hydrogens (tertiary/aromatic N) is 2. The molecule has 7 heteroatoms. The van der Waals surface area contributed by atoms with E-state index in [0.717, 1.165) is 34.5 Å². The average molecular weight is 527 g/mol. The number of hydrogen-bond donors (Lipinski definition) is 3. The lowest BCUT2D eigenvalue weighted by Crippen LogP contribution is -1.86. The summed E-state index contributed by atoms with van der Waals surface area (Å²) in [5, 5.41) is 20.1. The zero-order valence-corrected chi connectivity index (χ0v) is 19.0. The smallest absolute Gasteiger partial charge is 0.147 e. The second-order valence-corrected chi connectivity index (χ2v) is 8.99. The molecule has 1 aromatic heterocycles. The third kappa shape index (κ3) is 3.42. The molecular formula is C23H17Br2N3O2. The maximum absolute atomic E-state index is 10.2. The number of H-pyrrole nitrogens is 1. The second-order valence-electron chi connectivity index (χ2n) is 7.34. The number of imidazole rings is 1. The van der Waals surface area contributed by atoms with Gasteiger partial charge in [-0.1, -0.05) is 12.1 Å². The van der Waals surface area contributed by atoms with Crippen LogP contribution in [0, 0.1) is 0 Å². The summed E-state index contributed by atoms with van der Waals surface area (Å²) in [5.74, 6) is 0.730. The number of aliphatic imine (C=N–C) groups is 1. The lowest BCUT2D eigenvalue weighted by molar-refractivity contribution is 0.442. The zero-order chi connectivity index (χ0) is 20.8. The quantitative estimate of drug-likeness (QED) is 0.270. The molecule has 30 heavy (non-hydrogen) atoms. The van der Waals surface area contributed by atoms with Crippen LogP contribution in [0.4, 0.5) is 5.69 Å². The lowest BCUT2D eigenvalue weighted by Gasteiger charge is -2.06. The van der Waals surface area contributed by atoms with Crippen LogP contribution in [0.5, 0.6) is 11.5 Å². The van der Waals surface area contributed by atoms with Gasteiger partial charge in [-0.25, -0.2) is 4.98 Å². The van der Waals surface area contributed by atoms with E-state index >= 15 is 0 Å². The predicted octanol–water partition coefficient (Wildman–Crippen LogP) is 6.41. The maximum atomic E-state index is 10.2. The minimum atomic E-state index is -0.0686. The van der Waals surface area contributed by atoms with Gasteiger partial charge in [0.1, 0.15) is 21.8 Å². The fourth-order valence-corrected chi connectivity index (χ4v) is 4.95. The molecule has 0 spiro atoms. The van der Waals surface area contributed by atoms with Crippen LogP contribution in [0.25, 0.3) is 22.4 Å². The highest BCUT2D eigenvalue weighted by Gasteiger charge is 2.14. The van der Waals surface area contributed by atoms with Crippen LogP contribution < -0.4 is 0 Å². The van der Waals surface area contributed by atoms with Gasteiger partial charge in [0.05, 0.1) is 21.2 Å². The molecule has 0 saturated carbocycles. The molecular weight excluding hydrogens is 510 g/mol. The van der Waals surface area contributed by atoms with Gasteiger partial charge in [0.2, 0.25) is 0 Å². The number of nitrogens with one attached hydrogen (secondary N) is 1. The molecule has 0 saturated heterocycles. The van der Waals surface area contributed by atoms with Crippen molar-refractivity contribution in [1.82, 2.24) is 9.97 Å². The number of rotatable bonds is 3. The minimum absolute atomic E-state index is 0.0531. The number of benzene rings is 3. The monoisotopic (exact) mass is 525 g/mol. The van der Waals surface area contributed by atoms with Crippen LogP contribution in [0.15, 0.2) is 56.4 Å². The summed E-state index contributed by atoms with van der Waals surface area (Å²) in [6, 6.07) is 13.9. The van der Waals surface area contributed by atoms with Crippen molar-refractivity contribution in [3.63, 3.8) is 0 Å². The highest BCUT2D eigenvalue weighted by Crippen LogP contribution is 2.40. The van der Waals surface area contributed by atoms with Crippen LogP contribution in [-0.4, -0.2) is 26.4 Å². The Labute approximate surface area is 189 Å². The van der Waals surface area contributed by atoms with E-state index in [1.165, 1.54) is 24.0 Å². The van der Waals surface area contributed by atoms with Gasteiger partial charge >= 0.3 is 0 Å². The molecule has 1 heterocycles. The van der Waals surface area contributed by atoms with Gasteiger partial charge in [0.25, 0.3) is 0 Å². The molecule has 3 N–H and O–H groups in total. The molecule has 0 aliphatic heterocycles. The molecule has 0 bridgehead atoms. The summed E-state index contributed by atoms with van der Waals surface area (Å²) in [6.45, 7) is 0. The average Bonchev–Trinajstić information content (AvgIpc) is 3.39. The number of aromatic amines is 1. The summed E-state index contributed by atoms with van der Waals surface area (Å²) in [5.41, 5.74) is 6.95. The first kappa shape index (κ1) is 19.3. The number of hydrogen-bond acceptors (Lipinski definition) is 4. The molecule has 0 unspecified atom stereocenters. The van der Waals surface area contributed by atoms with Gasteiger partial charge in [-0.15, -0.1) is 0 Å². The first-order valence-corrected chi connectivity index (χ1v) is 11.1. The molecule has 0 atom stereocenters. The third-order valence-corrected chi connectivity index (χ3v) is 6.74. The van der Waals surface area contributed by atoms with Crippen LogP contribution in [0.3, 0.4) is 0 Å². The van der Waals surface area contributed by atoms with Crippen LogP contribution in [0.1, 0.15) is 23.1 Å². The first-order valence-electron chi connectivity index (χ1n) is 9.55. The Hall–Kier alpha value is -2.64. The second kappa shape index (κ2) is 7.56. The molecule has 3 aromatic carbocycles. The molecule has 150 valence electrons. The number of phenols is 2. The number of phenolic OH excluding ortho intramolecular Hbond substituents is 2. The van der Waals surface area contributed by atoms with Crippen molar-refractivity contribution in [3.8, 4) is 22.9 Å². The van der Waals surface area contributed by atoms with Gasteiger partial charge in [0.15, 0.2) is 0 Å². The van der Waals surface area contributed by atoms with Gasteiger partial charge < -0.3 is 15.2 Å². The summed E-state index contributed by atoms with van der Waals surface area (Å²) < 4.78 is 0.693. The van der Waals surface area contributed by atoms with E-state index < -0.39 is 0 Å². The van der Waals surface area contributed by atoms with Gasteiger partial charge in [-0.3, -0.25) is 4.99 Å². The largest absolute Gasteiger partial charge is 0.506 e. The lowest BCUT2D eigenvalue weighted by atomic mass is 10.1. The first-order chi connectivity index (χ1) is 14.5. The molecule has 0 fully saturated rings. The number of aryl methyl sites for hydroxylation is 2. The molecule has 1 aliphatic carbocycles. The Morgan fingerprint density at radius 2 is 1.80 bits per heavy atom. The van der Waals surface area contributed by atoms with Crippen molar-refractivity contribution in [2.75, 3.05) is 0 Å². The van der Waals surface area contributed by atoms with E-state index in [2.05, 4.69) is 60.0 Å². The number of halogens is 2. The highest BCUT2D eigenvalue weighted by atomic mass is 79.9. The molecule has 4 aromatic rings. The maximum Gasteiger partial charge on any atom is 0.147 e. The highest BCUT2D eigenvalue weighted by molar-refractivity contribution is 9.11. The van der Waals surface area contributed by atoms with Crippen molar-refractivity contribution in [3.05, 3.63) is 68.1 Å². The van der Waals surface area contributed by atoms with E-state index in [4.69, 9.17) is 4.98 Å². The van der Waals surface area contributed by atoms with E-state index in [-0.39, 0.29) is 16.0 Å². The summed E-state index contributed by atoms with van der Waals surface area (Å²) in [6.07, 6.45) is 5.09. The third-order valence-electron chi connectivity index (χ3n) is 5.39. The van der Waals surface area contributed by atoms with Gasteiger partial charge in [0, 0.05) is 17.3 Å². The Morgan fingerprint density at radius 1 is 0.967 bits per heavy atom. The van der Waals surface area contributed by atoms with Crippen molar-refractivity contribution >= 4 is 54.8 Å². The number of aromatic nitrogens is 2. The fourth-order valence-electron chi connectivity index (χ4n) is 3.79. The van der Waals surface area contributed by atoms with Gasteiger partial charge in [-0.2, -0.15) is 0 Å². The molecule has 0 amide bonds. The van der Waals surface area contributed by atoms with Crippen LogP contribution >= 0.6 is 31.9 Å². The van der Waals surface area contributed by atoms with Gasteiger partial charge in [-0.05, 0) is 92.6 Å². The fraction of sp³-hybridized carbons (Fsp3) is 0.130. The topological polar surface area (TPSA) is 81.5 Å². The predicted molar refractivity (Wildman–Crippen MR) is 126 cm³/mol. The Kier molecular flexibility index (Phi) is 4.87. The Balaban J connectivity index is 1.47. The normalized spacial score (nSPS) is 13.4. The van der Waals surface area contributed by atoms with Crippen LogP contribution in [-0.2, 0) is 12.8 Å². The van der Waals surface area contributed by atoms with E-state index in [1.807, 2.05) is 18.2 Å². The van der Waals surface area contributed by atoms with E-state index in [0.29, 0.717) is 10.0 Å². The van der Waals surface area contributed by atoms with Crippen molar-refractivity contribution in [1.29, 1.82) is 0 Å². The summed E-state index contributed by atoms with van der Waals surface area (Å²) >= 11 is 6.45. The summed E-state index contributed by atoms with van der Waals surface area (Å²) in [7, 11) is 0. The standard InChI is InChI=1S/C23H17Br2N3O2/c24-17-9-15(21(29)20(25)22(17)30)11-26-16-6-7-18-19(10-16)28-23(27-18)14-5-4-12-2-1-3-13(12)8-14/h4-11,29-30H,1-3H2,(H,27,28). The van der Waals surface area contributed by atoms with Crippen molar-refractivity contribution < 1.29 is 10.2 Å². The molecule has 5 nitrogen and oxygen atoms in total. The summed E-state index contributed by atoms with van der Waals surface area (Å²) in [4.78, 5) is 12.6. The molecule has 5 rings (SSSR count). The Bertz CT molecular complexity index is 1330. The Morgan fingerprint density at radius 3 is 2.67 bits per heavy atom. The van der Waals surface area contributed by atoms with E-state index in [1.54, 1.807) is 12.3 Å². The number of fused-ring (bicyclic) bond motifs is 2. The van der Waals surface area contributed by atoms with Crippen LogP contribution in [0.2, 0.25) is 0 Å². The minimum Gasteiger partial charge on any atom is -0.506 e. The molecule has 0 radical (unpaired) electrons. The van der Waals surface area contributed by atoms with Crippen molar-refractivity contribution in [2.24, 2.45) is 4.99 Å². The van der Waals surface area contributed by atoms with Crippen molar-refractivity contribution in [2.45, 2.75) is 19.3 Å². The molecule has 1 aliphatic rings. The SMILES string of the molecule is Oc1c(Br)cc(C=Nc2ccc3nc(-c4ccc5c(c4)CCC5)[nH]c3c2)c(O)c1Br.